The number of benzene rings is 1. The zero-order valence-electron chi connectivity index (χ0n) is 13.6. The molecule has 1 aromatic rings. The minimum absolute atomic E-state index is 0.0389. The van der Waals surface area contributed by atoms with Crippen LogP contribution in [0.2, 0.25) is 5.02 Å². The van der Waals surface area contributed by atoms with Gasteiger partial charge in [0.15, 0.2) is 0 Å². The second-order valence-electron chi connectivity index (χ2n) is 6.40. The van der Waals surface area contributed by atoms with Gasteiger partial charge >= 0.3 is 0 Å². The van der Waals surface area contributed by atoms with Gasteiger partial charge in [-0.3, -0.25) is 0 Å². The number of hydrogen-bond donors (Lipinski definition) is 1. The van der Waals surface area contributed by atoms with Crippen molar-refractivity contribution in [3.05, 3.63) is 34.9 Å². The Morgan fingerprint density at radius 3 is 2.45 bits per heavy atom. The number of unbranched alkanes of at least 4 members (excludes halogenated alkanes) is 7. The Hall–Kier alpha value is -0.570. The van der Waals surface area contributed by atoms with Crippen molar-refractivity contribution in [1.29, 1.82) is 0 Å². The van der Waals surface area contributed by atoms with E-state index in [1.54, 1.807) is 0 Å². The number of ether oxygens (including phenoxy) is 1. The van der Waals surface area contributed by atoms with Gasteiger partial charge in [0.25, 0.3) is 0 Å². The van der Waals surface area contributed by atoms with Crippen LogP contribution in [0, 0.1) is 0 Å². The van der Waals surface area contributed by atoms with Crippen molar-refractivity contribution in [1.82, 2.24) is 0 Å². The first-order valence-corrected chi connectivity index (χ1v) is 9.19. The molecule has 124 valence electrons. The van der Waals surface area contributed by atoms with Crippen LogP contribution in [-0.4, -0.2) is 17.3 Å². The van der Waals surface area contributed by atoms with E-state index in [9.17, 15) is 5.11 Å². The van der Waals surface area contributed by atoms with E-state index >= 15 is 0 Å². The van der Waals surface area contributed by atoms with Gasteiger partial charge in [-0.1, -0.05) is 82.0 Å². The number of rotatable bonds is 11. The third-order valence-corrected chi connectivity index (χ3v) is 4.70. The van der Waals surface area contributed by atoms with Crippen LogP contribution in [-0.2, 0) is 4.74 Å². The van der Waals surface area contributed by atoms with Gasteiger partial charge < -0.3 is 9.84 Å². The fourth-order valence-corrected chi connectivity index (χ4v) is 3.22. The van der Waals surface area contributed by atoms with Gasteiger partial charge in [0.2, 0.25) is 0 Å². The molecule has 1 aliphatic rings. The van der Waals surface area contributed by atoms with E-state index in [1.807, 2.05) is 24.3 Å². The molecule has 0 aliphatic carbocycles. The minimum Gasteiger partial charge on any atom is -0.386 e. The average Bonchev–Trinajstić information content (AvgIpc) is 3.29. The summed E-state index contributed by atoms with van der Waals surface area (Å²) in [5.41, 5.74) is 0.857. The molecule has 0 saturated carbocycles. The van der Waals surface area contributed by atoms with Crippen LogP contribution < -0.4 is 0 Å². The largest absolute Gasteiger partial charge is 0.386 e. The van der Waals surface area contributed by atoms with Crippen molar-refractivity contribution in [3.63, 3.8) is 0 Å². The van der Waals surface area contributed by atoms with Gasteiger partial charge in [-0.25, -0.2) is 0 Å². The first kappa shape index (κ1) is 17.8. The van der Waals surface area contributed by atoms with E-state index in [1.165, 1.54) is 51.4 Å². The lowest BCUT2D eigenvalue weighted by molar-refractivity contribution is 0.137. The summed E-state index contributed by atoms with van der Waals surface area (Å²) in [7, 11) is 0. The number of aliphatic hydroxyl groups is 1. The summed E-state index contributed by atoms with van der Waals surface area (Å²) in [5, 5.41) is 11.0. The molecule has 1 saturated heterocycles. The second-order valence-corrected chi connectivity index (χ2v) is 6.84. The third-order valence-electron chi connectivity index (χ3n) is 4.47. The highest BCUT2D eigenvalue weighted by atomic mass is 35.5. The van der Waals surface area contributed by atoms with Crippen LogP contribution in [0.25, 0.3) is 0 Å². The topological polar surface area (TPSA) is 32.8 Å². The van der Waals surface area contributed by atoms with E-state index in [4.69, 9.17) is 16.3 Å². The highest BCUT2D eigenvalue weighted by Gasteiger charge is 2.44. The molecule has 1 fully saturated rings. The average molecular weight is 325 g/mol. The van der Waals surface area contributed by atoms with Gasteiger partial charge in [0.05, 0.1) is 6.10 Å². The van der Waals surface area contributed by atoms with Crippen molar-refractivity contribution >= 4 is 11.6 Å². The summed E-state index contributed by atoms with van der Waals surface area (Å²) < 4.78 is 5.64. The van der Waals surface area contributed by atoms with Gasteiger partial charge in [-0.15, -0.1) is 0 Å². The number of aliphatic hydroxyl groups excluding tert-OH is 1. The van der Waals surface area contributed by atoms with Crippen LogP contribution in [0.15, 0.2) is 24.3 Å². The molecule has 3 atom stereocenters. The van der Waals surface area contributed by atoms with Crippen molar-refractivity contribution < 1.29 is 9.84 Å². The van der Waals surface area contributed by atoms with Crippen molar-refractivity contribution in [2.75, 3.05) is 0 Å². The van der Waals surface area contributed by atoms with Crippen molar-refractivity contribution in [3.8, 4) is 0 Å². The maximum atomic E-state index is 10.3. The molecular formula is C19H29ClO2. The summed E-state index contributed by atoms with van der Waals surface area (Å²) in [5.74, 6) is 0. The van der Waals surface area contributed by atoms with Gasteiger partial charge in [0, 0.05) is 5.02 Å². The maximum Gasteiger partial charge on any atom is 0.114 e. The van der Waals surface area contributed by atoms with E-state index in [-0.39, 0.29) is 12.2 Å². The summed E-state index contributed by atoms with van der Waals surface area (Å²) in [6.07, 6.45) is 11.3. The quantitative estimate of drug-likeness (QED) is 0.420. The summed E-state index contributed by atoms with van der Waals surface area (Å²) >= 11 is 5.96. The fourth-order valence-electron chi connectivity index (χ4n) is 3.03. The molecule has 0 amide bonds. The highest BCUT2D eigenvalue weighted by molar-refractivity contribution is 6.30. The maximum absolute atomic E-state index is 10.3. The summed E-state index contributed by atoms with van der Waals surface area (Å²) in [4.78, 5) is 0. The zero-order chi connectivity index (χ0) is 15.8. The standard InChI is InChI=1S/C19H29ClO2/c1-2-3-4-5-6-7-8-9-13-17-19(22-17)18(21)15-11-10-12-16(20)14-15/h10-12,14,17-19,21H,2-9,13H2,1H3. The lowest BCUT2D eigenvalue weighted by Crippen LogP contribution is -2.08. The van der Waals surface area contributed by atoms with E-state index in [0.717, 1.165) is 12.0 Å². The van der Waals surface area contributed by atoms with Crippen LogP contribution in [0.3, 0.4) is 0 Å². The number of halogens is 1. The highest BCUT2D eigenvalue weighted by Crippen LogP contribution is 2.37. The number of hydrogen-bond acceptors (Lipinski definition) is 2. The summed E-state index contributed by atoms with van der Waals surface area (Å²) in [6, 6.07) is 7.42. The molecule has 2 rings (SSSR count). The SMILES string of the molecule is CCCCCCCCCCC1OC1C(O)c1cccc(Cl)c1. The Balaban J connectivity index is 1.55. The Morgan fingerprint density at radius 2 is 1.77 bits per heavy atom. The van der Waals surface area contributed by atoms with Crippen LogP contribution in [0.5, 0.6) is 0 Å². The molecule has 2 nitrogen and oxygen atoms in total. The first-order valence-electron chi connectivity index (χ1n) is 8.81. The van der Waals surface area contributed by atoms with E-state index in [2.05, 4.69) is 6.92 Å². The Morgan fingerprint density at radius 1 is 1.09 bits per heavy atom. The molecule has 3 heteroatoms. The molecular weight excluding hydrogens is 296 g/mol. The Bertz CT molecular complexity index is 435. The lowest BCUT2D eigenvalue weighted by atomic mass is 10.0. The van der Waals surface area contributed by atoms with E-state index < -0.39 is 6.10 Å². The molecule has 1 heterocycles. The predicted octanol–water partition coefficient (Wildman–Crippen LogP) is 5.67. The number of epoxide rings is 1. The van der Waals surface area contributed by atoms with Crippen LogP contribution in [0.4, 0.5) is 0 Å². The molecule has 1 aromatic carbocycles. The lowest BCUT2D eigenvalue weighted by Gasteiger charge is -2.08. The molecule has 1 aliphatic heterocycles. The van der Waals surface area contributed by atoms with Crippen LogP contribution in [0.1, 0.15) is 76.4 Å². The van der Waals surface area contributed by atoms with Crippen LogP contribution >= 0.6 is 11.6 Å². The smallest absolute Gasteiger partial charge is 0.114 e. The Kier molecular flexibility index (Phi) is 7.71. The van der Waals surface area contributed by atoms with Gasteiger partial charge in [-0.05, 0) is 24.1 Å². The van der Waals surface area contributed by atoms with E-state index in [0.29, 0.717) is 5.02 Å². The molecule has 3 unspecified atom stereocenters. The Labute approximate surface area is 139 Å². The second kappa shape index (κ2) is 9.54. The molecule has 0 bridgehead atoms. The molecule has 1 N–H and O–H groups in total. The zero-order valence-corrected chi connectivity index (χ0v) is 14.4. The van der Waals surface area contributed by atoms with Crippen molar-refractivity contribution in [2.24, 2.45) is 0 Å². The summed E-state index contributed by atoms with van der Waals surface area (Å²) in [6.45, 7) is 2.25. The molecule has 0 spiro atoms. The fraction of sp³-hybridized carbons (Fsp3) is 0.684. The molecule has 0 radical (unpaired) electrons. The normalized spacial score (nSPS) is 21.8. The third kappa shape index (κ3) is 5.91. The molecule has 0 aromatic heterocycles. The monoisotopic (exact) mass is 324 g/mol. The molecule has 22 heavy (non-hydrogen) atoms. The minimum atomic E-state index is -0.544. The van der Waals surface area contributed by atoms with Crippen molar-refractivity contribution in [2.45, 2.75) is 83.0 Å². The predicted molar refractivity (Wildman–Crippen MR) is 92.3 cm³/mol. The van der Waals surface area contributed by atoms with Gasteiger partial charge in [0.1, 0.15) is 12.2 Å². The van der Waals surface area contributed by atoms with Gasteiger partial charge in [-0.2, -0.15) is 0 Å². The first-order chi connectivity index (χ1) is 10.7.